The van der Waals surface area contributed by atoms with E-state index in [1.807, 2.05) is 37.3 Å². The molecule has 0 bridgehead atoms. The average Bonchev–Trinajstić information content (AvgIpc) is 3.28. The van der Waals surface area contributed by atoms with Gasteiger partial charge in [0, 0.05) is 35.7 Å². The molecule has 3 unspecified atom stereocenters. The molecule has 1 aliphatic heterocycles. The highest BCUT2D eigenvalue weighted by atomic mass is 32.2. The van der Waals surface area contributed by atoms with Gasteiger partial charge in [0.05, 0.1) is 17.9 Å². The van der Waals surface area contributed by atoms with Gasteiger partial charge in [-0.15, -0.1) is 11.8 Å². The molecule has 0 fully saturated rings. The molecule has 0 spiro atoms. The minimum atomic E-state index is -0.519. The molecule has 31 heavy (non-hydrogen) atoms. The van der Waals surface area contributed by atoms with Gasteiger partial charge in [0.1, 0.15) is 5.84 Å². The molecule has 8 heteroatoms. The molecule has 3 rings (SSSR count). The molecular formula is C23H28N4O3S. The SMILES string of the molecule is COC(=O)C(CC1=CC(C(=N)N)=CCC1)C(C)NC(=O)C1=CC(c2ccncc2)CS1. The predicted molar refractivity (Wildman–Crippen MR) is 123 cm³/mol. The van der Waals surface area contributed by atoms with Crippen molar-refractivity contribution in [3.63, 3.8) is 0 Å². The van der Waals surface area contributed by atoms with Crippen molar-refractivity contribution in [2.75, 3.05) is 12.9 Å². The summed E-state index contributed by atoms with van der Waals surface area (Å²) in [5, 5.41) is 10.6. The number of esters is 1. The normalized spacial score (nSPS) is 20.1. The van der Waals surface area contributed by atoms with E-state index >= 15 is 0 Å². The Morgan fingerprint density at radius 3 is 2.81 bits per heavy atom. The summed E-state index contributed by atoms with van der Waals surface area (Å²) in [6.07, 6.45) is 11.3. The molecule has 4 N–H and O–H groups in total. The molecule has 0 saturated heterocycles. The van der Waals surface area contributed by atoms with Crippen LogP contribution in [0.1, 0.15) is 37.7 Å². The van der Waals surface area contributed by atoms with Gasteiger partial charge in [-0.3, -0.25) is 20.0 Å². The molecule has 1 amide bonds. The van der Waals surface area contributed by atoms with Gasteiger partial charge in [-0.05, 0) is 43.9 Å². The highest BCUT2D eigenvalue weighted by molar-refractivity contribution is 8.04. The van der Waals surface area contributed by atoms with Gasteiger partial charge in [-0.2, -0.15) is 0 Å². The number of pyridine rings is 1. The smallest absolute Gasteiger partial charge is 0.311 e. The van der Waals surface area contributed by atoms with Crippen LogP contribution in [0.2, 0.25) is 0 Å². The van der Waals surface area contributed by atoms with Crippen LogP contribution in [-0.4, -0.2) is 41.6 Å². The monoisotopic (exact) mass is 440 g/mol. The van der Waals surface area contributed by atoms with E-state index in [4.69, 9.17) is 15.9 Å². The van der Waals surface area contributed by atoms with Crippen molar-refractivity contribution in [1.82, 2.24) is 10.3 Å². The zero-order valence-corrected chi connectivity index (χ0v) is 18.6. The maximum Gasteiger partial charge on any atom is 0.311 e. The first-order valence-electron chi connectivity index (χ1n) is 10.3. The Morgan fingerprint density at radius 1 is 1.39 bits per heavy atom. The molecule has 1 aromatic heterocycles. The quantitative estimate of drug-likeness (QED) is 0.325. The third-order valence-electron chi connectivity index (χ3n) is 5.58. The number of nitrogens with one attached hydrogen (secondary N) is 2. The topological polar surface area (TPSA) is 118 Å². The summed E-state index contributed by atoms with van der Waals surface area (Å²) in [4.78, 5) is 30.0. The van der Waals surface area contributed by atoms with Crippen molar-refractivity contribution in [3.05, 3.63) is 64.4 Å². The second-order valence-electron chi connectivity index (χ2n) is 7.74. The summed E-state index contributed by atoms with van der Waals surface area (Å²) in [5.41, 5.74) is 8.44. The fraction of sp³-hybridized carbons (Fsp3) is 0.391. The van der Waals surface area contributed by atoms with E-state index in [2.05, 4.69) is 10.3 Å². The van der Waals surface area contributed by atoms with E-state index in [0.29, 0.717) is 16.9 Å². The molecular weight excluding hydrogens is 412 g/mol. The van der Waals surface area contributed by atoms with Gasteiger partial charge in [-0.1, -0.05) is 23.8 Å². The largest absolute Gasteiger partial charge is 0.469 e. The summed E-state index contributed by atoms with van der Waals surface area (Å²) in [5.74, 6) is -0.0734. The van der Waals surface area contributed by atoms with Crippen LogP contribution >= 0.6 is 11.8 Å². The Kier molecular flexibility index (Phi) is 7.68. The van der Waals surface area contributed by atoms with Crippen molar-refractivity contribution >= 4 is 29.5 Å². The van der Waals surface area contributed by atoms with Crippen LogP contribution in [0.3, 0.4) is 0 Å². The van der Waals surface area contributed by atoms with Crippen molar-refractivity contribution in [3.8, 4) is 0 Å². The standard InChI is InChI=1S/C23H28N4O3S/c1-14(19(23(29)30-2)11-15-4-3-5-17(10-15)21(24)25)27-22(28)20-12-18(13-31-20)16-6-8-26-9-7-16/h5-10,12,14,18-19H,3-4,11,13H2,1-2H3,(H3,24,25)(H,27,28). The lowest BCUT2D eigenvalue weighted by atomic mass is 9.87. The number of hydrogen-bond acceptors (Lipinski definition) is 6. The number of amidine groups is 1. The van der Waals surface area contributed by atoms with Gasteiger partial charge in [0.15, 0.2) is 0 Å². The lowest BCUT2D eigenvalue weighted by Crippen LogP contribution is -2.42. The van der Waals surface area contributed by atoms with Crippen LogP contribution in [0.5, 0.6) is 0 Å². The van der Waals surface area contributed by atoms with Gasteiger partial charge >= 0.3 is 5.97 Å². The van der Waals surface area contributed by atoms with Crippen molar-refractivity contribution in [1.29, 1.82) is 5.41 Å². The number of nitrogens with zero attached hydrogens (tertiary/aromatic N) is 1. The summed E-state index contributed by atoms with van der Waals surface area (Å²) in [7, 11) is 1.36. The number of carbonyl (C=O) groups excluding carboxylic acids is 2. The van der Waals surface area contributed by atoms with E-state index in [-0.39, 0.29) is 23.6 Å². The molecule has 2 aliphatic rings. The Bertz CT molecular complexity index is 939. The van der Waals surface area contributed by atoms with E-state index < -0.39 is 12.0 Å². The van der Waals surface area contributed by atoms with E-state index in [1.54, 1.807) is 12.4 Å². The first-order valence-corrected chi connectivity index (χ1v) is 11.2. The van der Waals surface area contributed by atoms with Gasteiger partial charge < -0.3 is 15.8 Å². The zero-order valence-electron chi connectivity index (χ0n) is 17.8. The number of amides is 1. The third kappa shape index (κ3) is 5.85. The number of rotatable bonds is 8. The second-order valence-corrected chi connectivity index (χ2v) is 8.80. The maximum absolute atomic E-state index is 12.8. The highest BCUT2D eigenvalue weighted by Crippen LogP contribution is 2.35. The Labute approximate surface area is 186 Å². The molecule has 164 valence electrons. The first-order chi connectivity index (χ1) is 14.9. The molecule has 3 atom stereocenters. The van der Waals surface area contributed by atoms with Crippen LogP contribution in [0.15, 0.2) is 58.8 Å². The van der Waals surface area contributed by atoms with Gasteiger partial charge in [0.25, 0.3) is 5.91 Å². The number of thioether (sulfide) groups is 1. The number of aromatic nitrogens is 1. The van der Waals surface area contributed by atoms with Crippen LogP contribution in [0.4, 0.5) is 0 Å². The predicted octanol–water partition coefficient (Wildman–Crippen LogP) is 3.06. The van der Waals surface area contributed by atoms with Crippen LogP contribution in [-0.2, 0) is 14.3 Å². The second kappa shape index (κ2) is 10.4. The van der Waals surface area contributed by atoms with Crippen LogP contribution in [0.25, 0.3) is 0 Å². The number of methoxy groups -OCH3 is 1. The van der Waals surface area contributed by atoms with E-state index in [9.17, 15) is 9.59 Å². The highest BCUT2D eigenvalue weighted by Gasteiger charge is 2.31. The average molecular weight is 441 g/mol. The van der Waals surface area contributed by atoms with Crippen LogP contribution in [0, 0.1) is 11.3 Å². The zero-order chi connectivity index (χ0) is 22.4. The lowest BCUT2D eigenvalue weighted by Gasteiger charge is -2.25. The number of ether oxygens (including phenoxy) is 1. The van der Waals surface area contributed by atoms with Gasteiger partial charge in [-0.25, -0.2) is 0 Å². The number of nitrogens with two attached hydrogens (primary N) is 1. The maximum atomic E-state index is 12.8. The molecule has 0 aromatic carbocycles. The fourth-order valence-electron chi connectivity index (χ4n) is 3.79. The molecule has 7 nitrogen and oxygen atoms in total. The Hall–Kier alpha value is -2.87. The number of carbonyl (C=O) groups is 2. The molecule has 0 radical (unpaired) electrons. The lowest BCUT2D eigenvalue weighted by molar-refractivity contribution is -0.146. The summed E-state index contributed by atoms with van der Waals surface area (Å²) in [6, 6.07) is 3.51. The minimum Gasteiger partial charge on any atom is -0.469 e. The van der Waals surface area contributed by atoms with E-state index in [1.165, 1.54) is 18.9 Å². The molecule has 1 aromatic rings. The molecule has 0 saturated carbocycles. The minimum absolute atomic E-state index is 0.0158. The number of hydrogen-bond donors (Lipinski definition) is 3. The summed E-state index contributed by atoms with van der Waals surface area (Å²) >= 11 is 1.52. The molecule has 1 aliphatic carbocycles. The third-order valence-corrected chi connectivity index (χ3v) is 6.74. The Balaban J connectivity index is 1.67. The first kappa shape index (κ1) is 22.8. The Morgan fingerprint density at radius 2 is 2.13 bits per heavy atom. The summed E-state index contributed by atoms with van der Waals surface area (Å²) < 4.78 is 5.01. The van der Waals surface area contributed by atoms with Crippen molar-refractivity contribution < 1.29 is 14.3 Å². The van der Waals surface area contributed by atoms with Crippen molar-refractivity contribution in [2.24, 2.45) is 11.7 Å². The van der Waals surface area contributed by atoms with E-state index in [0.717, 1.165) is 29.7 Å². The van der Waals surface area contributed by atoms with Gasteiger partial charge in [0.2, 0.25) is 0 Å². The van der Waals surface area contributed by atoms with Crippen molar-refractivity contribution in [2.45, 2.75) is 38.1 Å². The fourth-order valence-corrected chi connectivity index (χ4v) is 4.89. The van der Waals surface area contributed by atoms with Crippen LogP contribution < -0.4 is 11.1 Å². The summed E-state index contributed by atoms with van der Waals surface area (Å²) in [6.45, 7) is 1.82. The number of allylic oxidation sites excluding steroid dienone is 3. The molecule has 2 heterocycles.